The van der Waals surface area contributed by atoms with Gasteiger partial charge in [-0.25, -0.2) is 15.0 Å². The van der Waals surface area contributed by atoms with Crippen LogP contribution in [0.5, 0.6) is 0 Å². The molecule has 0 bridgehead atoms. The van der Waals surface area contributed by atoms with Crippen molar-refractivity contribution in [2.75, 3.05) is 0 Å². The third-order valence-electron chi connectivity index (χ3n) is 12.1. The molecule has 1 unspecified atom stereocenters. The fourth-order valence-corrected chi connectivity index (χ4v) is 9.52. The Kier molecular flexibility index (Phi) is 7.70. The van der Waals surface area contributed by atoms with Gasteiger partial charge in [0.25, 0.3) is 0 Å². The van der Waals surface area contributed by atoms with E-state index in [1.54, 1.807) is 0 Å². The SMILES string of the molecule is Cc1cnc(C)c(-c2ccccc2-c2ccc3c(c2)-c2ccccc2C32c3ccccc3-c3cc(-c4nc(C)nc(-c5ccc(-c6ccccc6)cc5)n4)ccc32)c1. The summed E-state index contributed by atoms with van der Waals surface area (Å²) < 4.78 is 0. The summed E-state index contributed by atoms with van der Waals surface area (Å²) in [4.78, 5) is 19.5. The van der Waals surface area contributed by atoms with Gasteiger partial charge in [-0.05, 0) is 117 Å². The molecule has 58 heavy (non-hydrogen) atoms. The predicted octanol–water partition coefficient (Wildman–Crippen LogP) is 12.9. The molecule has 1 atom stereocenters. The van der Waals surface area contributed by atoms with Crippen LogP contribution in [0, 0.1) is 20.8 Å². The summed E-state index contributed by atoms with van der Waals surface area (Å²) in [7, 11) is 0. The maximum Gasteiger partial charge on any atom is 0.163 e. The van der Waals surface area contributed by atoms with Crippen molar-refractivity contribution in [2.45, 2.75) is 26.2 Å². The molecule has 0 aliphatic heterocycles. The summed E-state index contributed by atoms with van der Waals surface area (Å²) >= 11 is 0. The van der Waals surface area contributed by atoms with Crippen molar-refractivity contribution in [1.82, 2.24) is 19.9 Å². The standard InChI is InChI=1S/C54H38N4/c1-33-29-45(34(2)55-32-33)42-16-8-7-15-41(42)39-25-27-50-46(30-39)43-17-9-11-19-48(43)54(50)49-20-12-10-18-44(49)47-31-40(26-28-51(47)54)53-57-35(3)56-52(58-53)38-23-21-37(22-24-38)36-13-5-4-6-14-36/h4-32H,1-3H3. The number of pyridine rings is 1. The fraction of sp³-hybridized carbons (Fsp3) is 0.0741. The van der Waals surface area contributed by atoms with Gasteiger partial charge in [-0.15, -0.1) is 0 Å². The first-order valence-electron chi connectivity index (χ1n) is 19.9. The number of nitrogens with zero attached hydrogens (tertiary/aromatic N) is 4. The Balaban J connectivity index is 1.05. The first kappa shape index (κ1) is 34.0. The van der Waals surface area contributed by atoms with Gasteiger partial charge >= 0.3 is 0 Å². The highest BCUT2D eigenvalue weighted by atomic mass is 15.0. The summed E-state index contributed by atoms with van der Waals surface area (Å²) in [6.45, 7) is 6.15. The molecule has 4 nitrogen and oxygen atoms in total. The molecule has 2 aromatic heterocycles. The molecule has 0 fully saturated rings. The smallest absolute Gasteiger partial charge is 0.163 e. The van der Waals surface area contributed by atoms with Gasteiger partial charge in [-0.3, -0.25) is 4.98 Å². The molecular weight excluding hydrogens is 705 g/mol. The molecule has 0 radical (unpaired) electrons. The summed E-state index contributed by atoms with van der Waals surface area (Å²) in [5, 5.41) is 0. The molecule has 2 aliphatic rings. The van der Waals surface area contributed by atoms with E-state index in [9.17, 15) is 0 Å². The lowest BCUT2D eigenvalue weighted by atomic mass is 9.70. The van der Waals surface area contributed by atoms with Crippen molar-refractivity contribution in [2.24, 2.45) is 0 Å². The van der Waals surface area contributed by atoms with Crippen LogP contribution in [0.2, 0.25) is 0 Å². The molecule has 0 saturated carbocycles. The Labute approximate surface area is 338 Å². The lowest BCUT2D eigenvalue weighted by Crippen LogP contribution is -2.25. The van der Waals surface area contributed by atoms with Gasteiger partial charge in [0.15, 0.2) is 11.6 Å². The lowest BCUT2D eigenvalue weighted by molar-refractivity contribution is 0.794. The molecule has 9 aromatic rings. The second-order valence-corrected chi connectivity index (χ2v) is 15.5. The van der Waals surface area contributed by atoms with E-state index in [4.69, 9.17) is 19.9 Å². The molecule has 11 rings (SSSR count). The summed E-state index contributed by atoms with van der Waals surface area (Å²) in [5.41, 5.74) is 20.9. The molecule has 274 valence electrons. The van der Waals surface area contributed by atoms with Gasteiger partial charge in [0, 0.05) is 28.6 Å². The minimum atomic E-state index is -0.466. The number of hydrogen-bond donors (Lipinski definition) is 0. The Morgan fingerprint density at radius 1 is 0.345 bits per heavy atom. The van der Waals surface area contributed by atoms with E-state index in [2.05, 4.69) is 178 Å². The van der Waals surface area contributed by atoms with E-state index in [0.29, 0.717) is 17.5 Å². The van der Waals surface area contributed by atoms with E-state index in [1.807, 2.05) is 19.2 Å². The van der Waals surface area contributed by atoms with Gasteiger partial charge in [-0.2, -0.15) is 0 Å². The van der Waals surface area contributed by atoms with Crippen molar-refractivity contribution in [3.05, 3.63) is 215 Å². The number of rotatable bonds is 5. The Hall–Kier alpha value is -7.30. The Morgan fingerprint density at radius 2 is 0.828 bits per heavy atom. The largest absolute Gasteiger partial charge is 0.261 e. The van der Waals surface area contributed by atoms with Crippen LogP contribution in [0.1, 0.15) is 39.3 Å². The van der Waals surface area contributed by atoms with Gasteiger partial charge in [0.1, 0.15) is 5.82 Å². The van der Waals surface area contributed by atoms with E-state index in [1.165, 1.54) is 72.3 Å². The second-order valence-electron chi connectivity index (χ2n) is 15.5. The third-order valence-corrected chi connectivity index (χ3v) is 12.1. The zero-order valence-electron chi connectivity index (χ0n) is 32.5. The Morgan fingerprint density at radius 3 is 1.50 bits per heavy atom. The van der Waals surface area contributed by atoms with Crippen LogP contribution in [-0.4, -0.2) is 19.9 Å². The Bertz CT molecular complexity index is 3090. The number of aromatic nitrogens is 4. The highest BCUT2D eigenvalue weighted by molar-refractivity contribution is 5.97. The fourth-order valence-electron chi connectivity index (χ4n) is 9.52. The summed E-state index contributed by atoms with van der Waals surface area (Å²) in [6.07, 6.45) is 1.95. The van der Waals surface area contributed by atoms with E-state index in [-0.39, 0.29) is 0 Å². The minimum absolute atomic E-state index is 0.466. The predicted molar refractivity (Wildman–Crippen MR) is 235 cm³/mol. The molecule has 0 amide bonds. The van der Waals surface area contributed by atoms with Crippen LogP contribution in [0.4, 0.5) is 0 Å². The third kappa shape index (κ3) is 5.15. The molecule has 2 heterocycles. The molecule has 1 spiro atoms. The molecule has 0 saturated heterocycles. The molecule has 7 aromatic carbocycles. The summed E-state index contributed by atoms with van der Waals surface area (Å²) in [6, 6.07) is 61.7. The second kappa shape index (κ2) is 13.1. The number of fused-ring (bicyclic) bond motifs is 10. The van der Waals surface area contributed by atoms with E-state index < -0.39 is 5.41 Å². The average molecular weight is 743 g/mol. The highest BCUT2D eigenvalue weighted by Crippen LogP contribution is 2.63. The van der Waals surface area contributed by atoms with E-state index >= 15 is 0 Å². The first-order chi connectivity index (χ1) is 28.5. The van der Waals surface area contributed by atoms with Crippen LogP contribution >= 0.6 is 0 Å². The van der Waals surface area contributed by atoms with E-state index in [0.717, 1.165) is 27.9 Å². The lowest BCUT2D eigenvalue weighted by Gasteiger charge is -2.30. The zero-order chi connectivity index (χ0) is 39.0. The zero-order valence-corrected chi connectivity index (χ0v) is 32.5. The van der Waals surface area contributed by atoms with Crippen molar-refractivity contribution < 1.29 is 0 Å². The van der Waals surface area contributed by atoms with Crippen LogP contribution in [0.3, 0.4) is 0 Å². The molecular formula is C54H38N4. The molecule has 4 heteroatoms. The van der Waals surface area contributed by atoms with Gasteiger partial charge < -0.3 is 0 Å². The van der Waals surface area contributed by atoms with Gasteiger partial charge in [0.2, 0.25) is 0 Å². The maximum atomic E-state index is 5.07. The van der Waals surface area contributed by atoms with Crippen molar-refractivity contribution in [3.8, 4) is 78.4 Å². The van der Waals surface area contributed by atoms with Gasteiger partial charge in [-0.1, -0.05) is 152 Å². The maximum absolute atomic E-state index is 5.07. The quantitative estimate of drug-likeness (QED) is 0.176. The van der Waals surface area contributed by atoms with Crippen LogP contribution in [0.15, 0.2) is 176 Å². The first-order valence-corrected chi connectivity index (χ1v) is 19.9. The van der Waals surface area contributed by atoms with Crippen LogP contribution in [0.25, 0.3) is 78.4 Å². The van der Waals surface area contributed by atoms with Gasteiger partial charge in [0.05, 0.1) is 5.41 Å². The number of aryl methyl sites for hydroxylation is 3. The van der Waals surface area contributed by atoms with Crippen molar-refractivity contribution in [3.63, 3.8) is 0 Å². The average Bonchev–Trinajstić information content (AvgIpc) is 3.74. The van der Waals surface area contributed by atoms with Crippen LogP contribution < -0.4 is 0 Å². The normalized spacial score (nSPS) is 14.5. The highest BCUT2D eigenvalue weighted by Gasteiger charge is 2.51. The minimum Gasteiger partial charge on any atom is -0.261 e. The molecule has 2 aliphatic carbocycles. The van der Waals surface area contributed by atoms with Crippen LogP contribution in [-0.2, 0) is 5.41 Å². The summed E-state index contributed by atoms with van der Waals surface area (Å²) in [5.74, 6) is 2.03. The van der Waals surface area contributed by atoms with Crippen molar-refractivity contribution in [1.29, 1.82) is 0 Å². The number of benzene rings is 7. The number of hydrogen-bond acceptors (Lipinski definition) is 4. The monoisotopic (exact) mass is 742 g/mol. The molecule has 0 N–H and O–H groups in total. The van der Waals surface area contributed by atoms with Crippen molar-refractivity contribution >= 4 is 0 Å². The topological polar surface area (TPSA) is 51.6 Å².